The Hall–Kier alpha value is -5.08. The molecule has 1 saturated heterocycles. The van der Waals surface area contributed by atoms with Crippen molar-refractivity contribution in [1.29, 1.82) is 0 Å². The molecule has 0 spiro atoms. The number of carbonyl (C=O) groups is 3. The number of hydrogen-bond donors (Lipinski definition) is 1. The Labute approximate surface area is 246 Å². The van der Waals surface area contributed by atoms with Crippen molar-refractivity contribution in [2.24, 2.45) is 5.92 Å². The van der Waals surface area contributed by atoms with Gasteiger partial charge in [-0.2, -0.15) is 5.10 Å². The van der Waals surface area contributed by atoms with Gasteiger partial charge in [-0.05, 0) is 55.2 Å². The predicted molar refractivity (Wildman–Crippen MR) is 145 cm³/mol. The number of Topliss-reactive ketones (excluding diaryl/α,β-unsaturated/α-hetero) is 1. The molecule has 2 aliphatic rings. The highest BCUT2D eigenvalue weighted by Gasteiger charge is 2.56. The Bertz CT molecular complexity index is 1760. The quantitative estimate of drug-likeness (QED) is 0.219. The van der Waals surface area contributed by atoms with E-state index in [0.29, 0.717) is 35.3 Å². The third-order valence-electron chi connectivity index (χ3n) is 7.47. The van der Waals surface area contributed by atoms with Crippen molar-refractivity contribution in [1.82, 2.24) is 24.6 Å². The summed E-state index contributed by atoms with van der Waals surface area (Å²) in [5, 5.41) is 7.14. The number of ketones is 1. The summed E-state index contributed by atoms with van der Waals surface area (Å²) >= 11 is 0. The number of anilines is 1. The first-order chi connectivity index (χ1) is 21.0. The predicted octanol–water partition coefficient (Wildman–Crippen LogP) is 4.27. The number of alkyl halides is 3. The number of benzene rings is 2. The molecule has 1 N–H and O–H groups in total. The number of nitrogens with one attached hydrogen (secondary N) is 1. The summed E-state index contributed by atoms with van der Waals surface area (Å²) in [5.41, 5.74) is 0.111. The first-order valence-electron chi connectivity index (χ1n) is 13.5. The maximum atomic E-state index is 14.7. The number of piperidine rings is 1. The van der Waals surface area contributed by atoms with E-state index in [4.69, 9.17) is 4.74 Å². The van der Waals surface area contributed by atoms with Crippen LogP contribution in [0.2, 0.25) is 0 Å². The highest BCUT2D eigenvalue weighted by Crippen LogP contribution is 2.48. The molecule has 15 heteroatoms. The van der Waals surface area contributed by atoms with E-state index in [0.717, 1.165) is 18.2 Å². The molecule has 44 heavy (non-hydrogen) atoms. The van der Waals surface area contributed by atoms with E-state index < -0.39 is 41.5 Å². The molecule has 0 bridgehead atoms. The third kappa shape index (κ3) is 5.89. The summed E-state index contributed by atoms with van der Waals surface area (Å²) < 4.78 is 63.4. The van der Waals surface area contributed by atoms with Gasteiger partial charge >= 0.3 is 6.36 Å². The molecule has 228 valence electrons. The van der Waals surface area contributed by atoms with Crippen LogP contribution in [0.1, 0.15) is 36.1 Å². The van der Waals surface area contributed by atoms with Crippen molar-refractivity contribution in [3.63, 3.8) is 0 Å². The molecule has 1 saturated carbocycles. The largest absolute Gasteiger partial charge is 0.573 e. The Morgan fingerprint density at radius 3 is 2.57 bits per heavy atom. The minimum atomic E-state index is -5.12. The molecule has 1 aliphatic heterocycles. The van der Waals surface area contributed by atoms with Crippen molar-refractivity contribution in [2.75, 3.05) is 5.32 Å². The van der Waals surface area contributed by atoms with Crippen LogP contribution in [0.15, 0.2) is 54.9 Å². The van der Waals surface area contributed by atoms with Crippen LogP contribution < -0.4 is 14.8 Å². The summed E-state index contributed by atoms with van der Waals surface area (Å²) in [4.78, 5) is 48.8. The van der Waals surface area contributed by atoms with Gasteiger partial charge in [-0.25, -0.2) is 14.4 Å². The average molecular weight is 613 g/mol. The number of likely N-dealkylation sites (tertiary alicyclic amines) is 1. The number of amides is 2. The second-order valence-electron chi connectivity index (χ2n) is 10.5. The van der Waals surface area contributed by atoms with Crippen LogP contribution in [0.3, 0.4) is 0 Å². The van der Waals surface area contributed by atoms with E-state index >= 15 is 0 Å². The Morgan fingerprint density at radius 1 is 1.07 bits per heavy atom. The van der Waals surface area contributed by atoms with Gasteiger partial charge < -0.3 is 19.7 Å². The van der Waals surface area contributed by atoms with E-state index in [2.05, 4.69) is 25.1 Å². The molecule has 3 atom stereocenters. The van der Waals surface area contributed by atoms with E-state index in [-0.39, 0.29) is 36.6 Å². The van der Waals surface area contributed by atoms with E-state index in [1.807, 2.05) is 0 Å². The summed E-state index contributed by atoms with van der Waals surface area (Å²) in [5.74, 6) is -3.04. The van der Waals surface area contributed by atoms with Crippen LogP contribution in [0.4, 0.5) is 23.2 Å². The highest BCUT2D eigenvalue weighted by molar-refractivity contribution is 6.05. The van der Waals surface area contributed by atoms with E-state index in [9.17, 15) is 31.9 Å². The minimum absolute atomic E-state index is 0.0647. The fourth-order valence-electron chi connectivity index (χ4n) is 5.47. The number of halogens is 4. The number of rotatable bonds is 9. The Balaban J connectivity index is 1.19. The zero-order valence-corrected chi connectivity index (χ0v) is 23.0. The maximum Gasteiger partial charge on any atom is 0.573 e. The standard InChI is InChI=1S/C29H24F4N6O5/c1-15(40)27-18-12-17(43-14-24-34-8-3-9-35-24)6-7-20(18)38(37-27)13-25(41)39-21-10-16(21)11-22(39)28(42)36-19-4-2-5-23(26(19)30)44-29(31,32)33/h2-9,12,16,21-22H,10-11,13-14H2,1H3,(H,36,42)/t16?,21-,22+/m1/s1. The van der Waals surface area contributed by atoms with Crippen LogP contribution in [0.5, 0.6) is 11.5 Å². The number of ether oxygens (including phenoxy) is 2. The van der Waals surface area contributed by atoms with Crippen molar-refractivity contribution < 1.29 is 41.4 Å². The van der Waals surface area contributed by atoms with Crippen molar-refractivity contribution >= 4 is 34.2 Å². The van der Waals surface area contributed by atoms with E-state index in [1.54, 1.807) is 36.7 Å². The number of aromatic nitrogens is 4. The lowest BCUT2D eigenvalue weighted by molar-refractivity contribution is -0.275. The molecule has 1 unspecified atom stereocenters. The van der Waals surface area contributed by atoms with Gasteiger partial charge in [-0.15, -0.1) is 13.2 Å². The number of carbonyl (C=O) groups excluding carboxylic acids is 3. The zero-order valence-electron chi connectivity index (χ0n) is 23.0. The first-order valence-corrected chi connectivity index (χ1v) is 13.5. The molecule has 2 amide bonds. The normalized spacial score (nSPS) is 19.0. The minimum Gasteiger partial charge on any atom is -0.486 e. The first kappa shape index (κ1) is 29.0. The van der Waals surface area contributed by atoms with E-state index in [1.165, 1.54) is 16.5 Å². The van der Waals surface area contributed by atoms with Crippen molar-refractivity contribution in [2.45, 2.75) is 51.4 Å². The molecule has 3 heterocycles. The fraction of sp³-hybridized carbons (Fsp3) is 0.310. The van der Waals surface area contributed by atoms with Gasteiger partial charge in [0, 0.05) is 30.7 Å². The molecule has 6 rings (SSSR count). The van der Waals surface area contributed by atoms with Gasteiger partial charge in [0.2, 0.25) is 11.8 Å². The van der Waals surface area contributed by atoms with Gasteiger partial charge in [0.05, 0.1) is 11.2 Å². The van der Waals surface area contributed by atoms with Gasteiger partial charge in [0.25, 0.3) is 0 Å². The van der Waals surface area contributed by atoms with Gasteiger partial charge in [-0.1, -0.05) is 6.07 Å². The van der Waals surface area contributed by atoms with Crippen LogP contribution >= 0.6 is 0 Å². The van der Waals surface area contributed by atoms with Crippen LogP contribution in [-0.4, -0.2) is 60.7 Å². The molecular formula is C29H24F4N6O5. The molecule has 1 aliphatic carbocycles. The lowest BCUT2D eigenvalue weighted by Gasteiger charge is -2.27. The number of nitrogens with zero attached hydrogens (tertiary/aromatic N) is 5. The molecule has 2 fully saturated rings. The zero-order chi connectivity index (χ0) is 31.2. The van der Waals surface area contributed by atoms with Crippen LogP contribution in [-0.2, 0) is 22.7 Å². The second-order valence-corrected chi connectivity index (χ2v) is 10.5. The van der Waals surface area contributed by atoms with Crippen molar-refractivity contribution in [3.8, 4) is 11.5 Å². The summed E-state index contributed by atoms with van der Waals surface area (Å²) in [7, 11) is 0. The molecular weight excluding hydrogens is 588 g/mol. The third-order valence-corrected chi connectivity index (χ3v) is 7.47. The van der Waals surface area contributed by atoms with Crippen LogP contribution in [0.25, 0.3) is 10.9 Å². The van der Waals surface area contributed by atoms with Crippen molar-refractivity contribution in [3.05, 3.63) is 72.2 Å². The second kappa shape index (κ2) is 11.2. The summed E-state index contributed by atoms with van der Waals surface area (Å²) in [6.07, 6.45) is -0.947. The Morgan fingerprint density at radius 2 is 1.84 bits per heavy atom. The fourth-order valence-corrected chi connectivity index (χ4v) is 5.47. The number of fused-ring (bicyclic) bond motifs is 2. The monoisotopic (exact) mass is 612 g/mol. The molecule has 11 nitrogen and oxygen atoms in total. The maximum absolute atomic E-state index is 14.7. The number of hydrogen-bond acceptors (Lipinski definition) is 8. The van der Waals surface area contributed by atoms with Gasteiger partial charge in [-0.3, -0.25) is 19.1 Å². The SMILES string of the molecule is CC(=O)c1nn(CC(=O)N2[C@@H]3CC3C[C@H]2C(=O)Nc2cccc(OC(F)(F)F)c2F)c2ccc(OCc3ncccn3)cc12. The highest BCUT2D eigenvalue weighted by atomic mass is 19.4. The van der Waals surface area contributed by atoms with Crippen LogP contribution in [0, 0.1) is 11.7 Å². The topological polar surface area (TPSA) is 129 Å². The summed E-state index contributed by atoms with van der Waals surface area (Å²) in [6.45, 7) is 1.15. The van der Waals surface area contributed by atoms with Gasteiger partial charge in [0.1, 0.15) is 30.6 Å². The van der Waals surface area contributed by atoms with Gasteiger partial charge in [0.15, 0.2) is 23.2 Å². The lowest BCUT2D eigenvalue weighted by atomic mass is 10.1. The summed E-state index contributed by atoms with van der Waals surface area (Å²) in [6, 6.07) is 8.44. The smallest absolute Gasteiger partial charge is 0.486 e. The molecule has 0 radical (unpaired) electrons. The Kier molecular flexibility index (Phi) is 7.39. The molecule has 4 aromatic rings. The average Bonchev–Trinajstić information content (AvgIpc) is 3.49. The lowest BCUT2D eigenvalue weighted by Crippen LogP contribution is -2.46. The molecule has 2 aromatic heterocycles. The molecule has 2 aromatic carbocycles.